The van der Waals surface area contributed by atoms with Crippen molar-refractivity contribution in [1.29, 1.82) is 0 Å². The first kappa shape index (κ1) is 32.7. The van der Waals surface area contributed by atoms with E-state index in [4.69, 9.17) is 0 Å². The van der Waals surface area contributed by atoms with Crippen LogP contribution >= 0.6 is 0 Å². The van der Waals surface area contributed by atoms with Crippen LogP contribution in [0.15, 0.2) is 0 Å². The van der Waals surface area contributed by atoms with Crippen LogP contribution in [0.5, 0.6) is 0 Å². The van der Waals surface area contributed by atoms with E-state index < -0.39 is 21.5 Å². The van der Waals surface area contributed by atoms with Gasteiger partial charge in [-0.15, -0.1) is 0 Å². The molecule has 0 amide bonds. The molecule has 0 spiro atoms. The summed E-state index contributed by atoms with van der Waals surface area (Å²) in [5, 5.41) is 9.11. The molecule has 0 aliphatic heterocycles. The van der Waals surface area contributed by atoms with Gasteiger partial charge in [0.15, 0.2) is 0 Å². The number of hydrogen-bond acceptors (Lipinski definition) is 4. The first-order chi connectivity index (χ1) is 13.4. The molecule has 0 aromatic rings. The van der Waals surface area contributed by atoms with Crippen LogP contribution in [-0.4, -0.2) is 29.4 Å². The van der Waals surface area contributed by atoms with Crippen molar-refractivity contribution in [3.63, 3.8) is 0 Å². The average molecular weight is 459 g/mol. The van der Waals surface area contributed by atoms with Crippen LogP contribution in [0, 0.1) is 0 Å². The summed E-state index contributed by atoms with van der Waals surface area (Å²) in [7, 11) is -4.43. The van der Waals surface area contributed by atoms with Gasteiger partial charge in [-0.3, -0.25) is 0 Å². The molecule has 0 aromatic heterocycles. The van der Waals surface area contributed by atoms with Crippen LogP contribution in [-0.2, 0) is 10.1 Å². The van der Waals surface area contributed by atoms with E-state index in [1.165, 1.54) is 70.6 Å². The smallest absolute Gasteiger partial charge is 0.748 e. The Labute approximate surface area is 224 Å². The molecule has 4 nitrogen and oxygen atoms in total. The Bertz CT molecular complexity index is 429. The molecule has 0 rings (SSSR count). The Morgan fingerprint density at radius 1 is 0.621 bits per heavy atom. The topological polar surface area (TPSA) is 77.4 Å². The van der Waals surface area contributed by atoms with E-state index in [0.717, 1.165) is 38.5 Å². The Balaban J connectivity index is 0. The predicted octanol–water partition coefficient (Wildman–Crippen LogP) is 3.72. The zero-order chi connectivity index (χ0) is 21.1. The molecule has 6 heteroatoms. The molecule has 0 saturated carbocycles. The maximum Gasteiger partial charge on any atom is 1.00 e. The van der Waals surface area contributed by atoms with Crippen molar-refractivity contribution in [2.24, 2.45) is 0 Å². The van der Waals surface area contributed by atoms with E-state index >= 15 is 0 Å². The predicted molar refractivity (Wildman–Crippen MR) is 119 cm³/mol. The zero-order valence-corrected chi connectivity index (χ0v) is 23.6. The molecule has 0 heterocycles. The van der Waals surface area contributed by atoms with E-state index in [1.807, 2.05) is 0 Å². The standard InChI is InChI=1S/C23H48O4S.K/c1-3-5-7-9-11-12-13-14-15-17-19-21-23(28(25,26)27)22(24)20-18-16-10-8-6-4-2;/h22-24H,3-21H2,1-2H3,(H,25,26,27);/q;+1/p-1. The Morgan fingerprint density at radius 2 is 0.931 bits per heavy atom. The Morgan fingerprint density at radius 3 is 1.28 bits per heavy atom. The van der Waals surface area contributed by atoms with Gasteiger partial charge in [-0.25, -0.2) is 8.42 Å². The SMILES string of the molecule is CCCCCCCCCCCCCC(C(O)CCCCCCCC)S(=O)(=O)[O-].[K+]. The van der Waals surface area contributed by atoms with Gasteiger partial charge < -0.3 is 9.66 Å². The third-order valence-electron chi connectivity index (χ3n) is 5.75. The third kappa shape index (κ3) is 21.1. The van der Waals surface area contributed by atoms with Crippen LogP contribution in [0.2, 0.25) is 0 Å². The largest absolute Gasteiger partial charge is 1.00 e. The van der Waals surface area contributed by atoms with Gasteiger partial charge in [0.1, 0.15) is 10.1 Å². The number of rotatable bonds is 21. The molecule has 2 atom stereocenters. The minimum absolute atomic E-state index is 0. The molecule has 2 unspecified atom stereocenters. The molecule has 0 aliphatic carbocycles. The molecule has 0 fully saturated rings. The fourth-order valence-corrected chi connectivity index (χ4v) is 4.83. The van der Waals surface area contributed by atoms with E-state index in [0.29, 0.717) is 12.8 Å². The van der Waals surface area contributed by atoms with Crippen molar-refractivity contribution in [2.75, 3.05) is 0 Å². The molecule has 170 valence electrons. The Hall–Kier alpha value is 1.51. The van der Waals surface area contributed by atoms with Crippen molar-refractivity contribution in [2.45, 2.75) is 147 Å². The van der Waals surface area contributed by atoms with Crippen LogP contribution in [0.25, 0.3) is 0 Å². The molecule has 0 radical (unpaired) electrons. The second-order valence-corrected chi connectivity index (χ2v) is 10.1. The molecule has 0 saturated heterocycles. The van der Waals surface area contributed by atoms with Crippen molar-refractivity contribution < 1.29 is 69.5 Å². The number of hydrogen-bond donors (Lipinski definition) is 1. The fraction of sp³-hybridized carbons (Fsp3) is 1.00. The van der Waals surface area contributed by atoms with Crippen LogP contribution in [0.3, 0.4) is 0 Å². The summed E-state index contributed by atoms with van der Waals surface area (Å²) in [6.45, 7) is 4.40. The van der Waals surface area contributed by atoms with Gasteiger partial charge in [-0.05, 0) is 12.8 Å². The summed E-state index contributed by atoms with van der Waals surface area (Å²) in [5.41, 5.74) is 0. The molecule has 0 bridgehead atoms. The van der Waals surface area contributed by atoms with Gasteiger partial charge >= 0.3 is 51.4 Å². The first-order valence-corrected chi connectivity index (χ1v) is 13.5. The summed E-state index contributed by atoms with van der Waals surface area (Å²) in [6, 6.07) is 0. The third-order valence-corrected chi connectivity index (χ3v) is 7.04. The summed E-state index contributed by atoms with van der Waals surface area (Å²) in [5.74, 6) is 0. The summed E-state index contributed by atoms with van der Waals surface area (Å²) in [4.78, 5) is 0. The van der Waals surface area contributed by atoms with Crippen molar-refractivity contribution in [3.8, 4) is 0 Å². The second kappa shape index (κ2) is 22.7. The summed E-state index contributed by atoms with van der Waals surface area (Å²) < 4.78 is 34.6. The van der Waals surface area contributed by atoms with E-state index in [2.05, 4.69) is 13.8 Å². The maximum atomic E-state index is 11.5. The summed E-state index contributed by atoms with van der Waals surface area (Å²) >= 11 is 0. The quantitative estimate of drug-likeness (QED) is 0.162. The van der Waals surface area contributed by atoms with Crippen LogP contribution in [0.1, 0.15) is 136 Å². The number of unbranched alkanes of at least 4 members (excludes halogenated alkanes) is 15. The van der Waals surface area contributed by atoms with Crippen molar-refractivity contribution in [1.82, 2.24) is 0 Å². The van der Waals surface area contributed by atoms with Crippen LogP contribution in [0.4, 0.5) is 0 Å². The maximum absolute atomic E-state index is 11.5. The van der Waals surface area contributed by atoms with E-state index in [-0.39, 0.29) is 51.4 Å². The normalized spacial score (nSPS) is 13.8. The molecule has 29 heavy (non-hydrogen) atoms. The van der Waals surface area contributed by atoms with Gasteiger partial charge in [0, 0.05) is 0 Å². The van der Waals surface area contributed by atoms with Crippen LogP contribution < -0.4 is 51.4 Å². The van der Waals surface area contributed by atoms with Gasteiger partial charge in [-0.1, -0.05) is 123 Å². The van der Waals surface area contributed by atoms with E-state index in [9.17, 15) is 18.1 Å². The molecular weight excluding hydrogens is 411 g/mol. The Kier molecular flexibility index (Phi) is 25.6. The van der Waals surface area contributed by atoms with Gasteiger partial charge in [0.2, 0.25) is 0 Å². The van der Waals surface area contributed by atoms with Gasteiger partial charge in [0.05, 0.1) is 11.4 Å². The molecule has 0 aromatic carbocycles. The fourth-order valence-electron chi connectivity index (χ4n) is 3.86. The monoisotopic (exact) mass is 458 g/mol. The molecular formula is C23H47KO4S. The first-order valence-electron chi connectivity index (χ1n) is 12.1. The number of aliphatic hydroxyl groups is 1. The molecule has 1 N–H and O–H groups in total. The van der Waals surface area contributed by atoms with Crippen molar-refractivity contribution in [3.05, 3.63) is 0 Å². The van der Waals surface area contributed by atoms with E-state index in [1.54, 1.807) is 0 Å². The van der Waals surface area contributed by atoms with Gasteiger partial charge in [-0.2, -0.15) is 0 Å². The number of aliphatic hydroxyl groups excluding tert-OH is 1. The minimum atomic E-state index is -4.43. The average Bonchev–Trinajstić information content (AvgIpc) is 2.64. The van der Waals surface area contributed by atoms with Crippen molar-refractivity contribution >= 4 is 10.1 Å². The minimum Gasteiger partial charge on any atom is -0.748 e. The zero-order valence-electron chi connectivity index (χ0n) is 19.7. The van der Waals surface area contributed by atoms with Gasteiger partial charge in [0.25, 0.3) is 0 Å². The second-order valence-electron chi connectivity index (χ2n) is 8.48. The molecule has 0 aliphatic rings. The summed E-state index contributed by atoms with van der Waals surface area (Å²) in [6.07, 6.45) is 19.4.